The summed E-state index contributed by atoms with van der Waals surface area (Å²) in [5.41, 5.74) is 3.82. The SMILES string of the molecule is CC(CC(=O)N[C@@H](CC1CC1)C(=O)O)(NC(=O)OCC1c2ccccc2-c2ccccc21)C1CC1. The number of amides is 2. The molecule has 35 heavy (non-hydrogen) atoms. The molecule has 2 fully saturated rings. The Morgan fingerprint density at radius 1 is 1.00 bits per heavy atom. The molecular formula is C28H32N2O5. The van der Waals surface area contributed by atoms with Gasteiger partial charge in [0.2, 0.25) is 5.91 Å². The first kappa shape index (κ1) is 23.4. The summed E-state index contributed by atoms with van der Waals surface area (Å²) in [6.45, 7) is 2.05. The van der Waals surface area contributed by atoms with Crippen LogP contribution in [-0.2, 0) is 14.3 Å². The highest BCUT2D eigenvalue weighted by Crippen LogP contribution is 2.45. The summed E-state index contributed by atoms with van der Waals surface area (Å²) in [5.74, 6) is -0.859. The molecule has 7 heteroatoms. The van der Waals surface area contributed by atoms with E-state index in [0.717, 1.165) is 47.9 Å². The molecule has 2 atom stereocenters. The van der Waals surface area contributed by atoms with Gasteiger partial charge in [-0.15, -0.1) is 0 Å². The van der Waals surface area contributed by atoms with E-state index in [1.807, 2.05) is 31.2 Å². The number of alkyl carbamates (subject to hydrolysis) is 1. The van der Waals surface area contributed by atoms with E-state index in [9.17, 15) is 19.5 Å². The Balaban J connectivity index is 1.21. The summed E-state index contributed by atoms with van der Waals surface area (Å²) < 4.78 is 5.70. The van der Waals surface area contributed by atoms with Crippen LogP contribution < -0.4 is 10.6 Å². The van der Waals surface area contributed by atoms with Gasteiger partial charge >= 0.3 is 12.1 Å². The molecule has 0 heterocycles. The standard InChI is InChI=1S/C28H32N2O5/c1-28(18-12-13-18,15-25(31)29-24(26(32)33)14-17-10-11-17)30-27(34)35-16-23-21-8-4-2-6-19(21)20-7-3-5-9-22(20)23/h2-9,17-18,23-24H,10-16H2,1H3,(H,29,31)(H,30,34)(H,32,33)/t24-,28?/m0/s1. The van der Waals surface area contributed by atoms with Crippen LogP contribution in [-0.4, -0.2) is 41.3 Å². The number of benzene rings is 2. The van der Waals surface area contributed by atoms with Gasteiger partial charge in [-0.3, -0.25) is 4.79 Å². The van der Waals surface area contributed by atoms with E-state index in [0.29, 0.717) is 12.3 Å². The molecule has 0 aliphatic heterocycles. The van der Waals surface area contributed by atoms with Crippen molar-refractivity contribution in [3.8, 4) is 11.1 Å². The number of carbonyl (C=O) groups is 3. The summed E-state index contributed by atoms with van der Waals surface area (Å²) in [6.07, 6.45) is 3.79. The van der Waals surface area contributed by atoms with Gasteiger partial charge in [0, 0.05) is 12.3 Å². The lowest BCUT2D eigenvalue weighted by Gasteiger charge is -2.31. The second-order valence-electron chi connectivity index (χ2n) is 10.5. The Morgan fingerprint density at radius 3 is 2.14 bits per heavy atom. The first-order valence-electron chi connectivity index (χ1n) is 12.5. The van der Waals surface area contributed by atoms with Gasteiger partial charge in [-0.2, -0.15) is 0 Å². The molecule has 3 N–H and O–H groups in total. The summed E-state index contributed by atoms with van der Waals surface area (Å²) in [6, 6.07) is 15.4. The van der Waals surface area contributed by atoms with E-state index in [2.05, 4.69) is 34.9 Å². The average molecular weight is 477 g/mol. The Kier molecular flexibility index (Phi) is 6.26. The highest BCUT2D eigenvalue weighted by atomic mass is 16.5. The van der Waals surface area contributed by atoms with Gasteiger partial charge in [-0.1, -0.05) is 61.4 Å². The van der Waals surface area contributed by atoms with Crippen LogP contribution in [0.4, 0.5) is 4.79 Å². The van der Waals surface area contributed by atoms with Crippen molar-refractivity contribution in [3.05, 3.63) is 59.7 Å². The molecule has 0 aromatic heterocycles. The van der Waals surface area contributed by atoms with Crippen LogP contribution in [0, 0.1) is 11.8 Å². The fourth-order valence-electron chi connectivity index (χ4n) is 5.37. The van der Waals surface area contributed by atoms with Gasteiger partial charge in [0.1, 0.15) is 12.6 Å². The smallest absolute Gasteiger partial charge is 0.407 e. The van der Waals surface area contributed by atoms with Crippen LogP contribution in [0.1, 0.15) is 62.5 Å². The number of rotatable bonds is 10. The van der Waals surface area contributed by atoms with E-state index < -0.39 is 23.6 Å². The second kappa shape index (κ2) is 9.36. The van der Waals surface area contributed by atoms with Crippen LogP contribution in [0.15, 0.2) is 48.5 Å². The summed E-state index contributed by atoms with van der Waals surface area (Å²) in [4.78, 5) is 37.2. The molecule has 7 nitrogen and oxygen atoms in total. The normalized spacial score (nSPS) is 19.1. The van der Waals surface area contributed by atoms with Gasteiger partial charge in [0.05, 0.1) is 5.54 Å². The number of aliphatic carboxylic acids is 1. The number of carboxylic acid groups (broad SMARTS) is 1. The highest BCUT2D eigenvalue weighted by molar-refractivity contribution is 5.85. The average Bonchev–Trinajstić information content (AvgIpc) is 3.74. The molecule has 3 aliphatic carbocycles. The van der Waals surface area contributed by atoms with Gasteiger partial charge < -0.3 is 20.5 Å². The predicted molar refractivity (Wildman–Crippen MR) is 131 cm³/mol. The first-order chi connectivity index (χ1) is 16.8. The van der Waals surface area contributed by atoms with Crippen LogP contribution in [0.2, 0.25) is 0 Å². The van der Waals surface area contributed by atoms with Gasteiger partial charge in [0.25, 0.3) is 0 Å². The van der Waals surface area contributed by atoms with Crippen molar-refractivity contribution in [1.82, 2.24) is 10.6 Å². The molecule has 2 amide bonds. The van der Waals surface area contributed by atoms with Crippen LogP contribution in [0.25, 0.3) is 11.1 Å². The maximum atomic E-state index is 12.9. The van der Waals surface area contributed by atoms with Crippen LogP contribution >= 0.6 is 0 Å². The lowest BCUT2D eigenvalue weighted by molar-refractivity contribution is -0.142. The zero-order chi connectivity index (χ0) is 24.6. The summed E-state index contributed by atoms with van der Waals surface area (Å²) >= 11 is 0. The van der Waals surface area contributed by atoms with Crippen molar-refractivity contribution < 1.29 is 24.2 Å². The molecular weight excluding hydrogens is 444 g/mol. The Labute approximate surface area is 205 Å². The number of nitrogens with one attached hydrogen (secondary N) is 2. The van der Waals surface area contributed by atoms with E-state index in [1.165, 1.54) is 0 Å². The monoisotopic (exact) mass is 476 g/mol. The minimum atomic E-state index is -1.01. The fraction of sp³-hybridized carbons (Fsp3) is 0.464. The Hall–Kier alpha value is -3.35. The largest absolute Gasteiger partial charge is 0.480 e. The molecule has 0 spiro atoms. The molecule has 1 unspecified atom stereocenters. The summed E-state index contributed by atoms with van der Waals surface area (Å²) in [5, 5.41) is 15.1. The summed E-state index contributed by atoms with van der Waals surface area (Å²) in [7, 11) is 0. The predicted octanol–water partition coefficient (Wildman–Crippen LogP) is 4.45. The molecule has 3 aliphatic rings. The van der Waals surface area contributed by atoms with Crippen molar-refractivity contribution in [2.45, 2.75) is 62.9 Å². The number of carbonyl (C=O) groups excluding carboxylic acids is 2. The minimum Gasteiger partial charge on any atom is -0.480 e. The molecule has 2 aromatic carbocycles. The van der Waals surface area contributed by atoms with Crippen molar-refractivity contribution >= 4 is 18.0 Å². The molecule has 2 saturated carbocycles. The van der Waals surface area contributed by atoms with Crippen LogP contribution in [0.3, 0.4) is 0 Å². The highest BCUT2D eigenvalue weighted by Gasteiger charge is 2.45. The molecule has 0 radical (unpaired) electrons. The third kappa shape index (κ3) is 5.19. The van der Waals surface area contributed by atoms with E-state index >= 15 is 0 Å². The third-order valence-corrected chi connectivity index (χ3v) is 7.64. The topological polar surface area (TPSA) is 105 Å². The molecule has 184 valence electrons. The zero-order valence-corrected chi connectivity index (χ0v) is 20.0. The number of ether oxygens (including phenoxy) is 1. The van der Waals surface area contributed by atoms with Gasteiger partial charge in [0.15, 0.2) is 0 Å². The quantitative estimate of drug-likeness (QED) is 0.470. The number of hydrogen-bond donors (Lipinski definition) is 3. The van der Waals surface area contributed by atoms with E-state index in [4.69, 9.17) is 4.74 Å². The number of carboxylic acids is 1. The molecule has 0 saturated heterocycles. The van der Waals surface area contributed by atoms with Crippen LogP contribution in [0.5, 0.6) is 0 Å². The Morgan fingerprint density at radius 2 is 1.60 bits per heavy atom. The van der Waals surface area contributed by atoms with Gasteiger partial charge in [-0.05, 0) is 60.3 Å². The maximum Gasteiger partial charge on any atom is 0.407 e. The molecule has 0 bridgehead atoms. The van der Waals surface area contributed by atoms with Crippen molar-refractivity contribution in [3.63, 3.8) is 0 Å². The minimum absolute atomic E-state index is 0.0241. The maximum absolute atomic E-state index is 12.9. The molecule has 2 aromatic rings. The van der Waals surface area contributed by atoms with E-state index in [-0.39, 0.29) is 30.8 Å². The fourth-order valence-corrected chi connectivity index (χ4v) is 5.37. The second-order valence-corrected chi connectivity index (χ2v) is 10.5. The van der Waals surface area contributed by atoms with E-state index in [1.54, 1.807) is 0 Å². The number of fused-ring (bicyclic) bond motifs is 3. The molecule has 5 rings (SSSR count). The number of hydrogen-bond acceptors (Lipinski definition) is 4. The first-order valence-corrected chi connectivity index (χ1v) is 12.5. The Bertz CT molecular complexity index is 1090. The van der Waals surface area contributed by atoms with Gasteiger partial charge in [-0.25, -0.2) is 9.59 Å². The van der Waals surface area contributed by atoms with Crippen molar-refractivity contribution in [2.24, 2.45) is 11.8 Å². The lowest BCUT2D eigenvalue weighted by atomic mass is 9.91. The lowest BCUT2D eigenvalue weighted by Crippen LogP contribution is -2.52. The zero-order valence-electron chi connectivity index (χ0n) is 20.0. The van der Waals surface area contributed by atoms with Crippen molar-refractivity contribution in [2.75, 3.05) is 6.61 Å². The third-order valence-electron chi connectivity index (χ3n) is 7.64. The van der Waals surface area contributed by atoms with Crippen molar-refractivity contribution in [1.29, 1.82) is 0 Å².